The van der Waals surface area contributed by atoms with E-state index >= 15 is 0 Å². The van der Waals surface area contributed by atoms with Crippen molar-refractivity contribution in [1.82, 2.24) is 9.80 Å². The summed E-state index contributed by atoms with van der Waals surface area (Å²) in [6.07, 6.45) is -12.3. The van der Waals surface area contributed by atoms with Crippen molar-refractivity contribution in [2.24, 2.45) is 5.41 Å². The molecule has 0 spiro atoms. The Morgan fingerprint density at radius 2 is 1.29 bits per heavy atom. The van der Waals surface area contributed by atoms with E-state index < -0.39 is 90.5 Å². The van der Waals surface area contributed by atoms with Crippen LogP contribution in [0.15, 0.2) is 71.6 Å². The maximum absolute atomic E-state index is 14.6. The zero-order valence-electron chi connectivity index (χ0n) is 27.8. The monoisotopic (exact) mass is 764 g/mol. The van der Waals surface area contributed by atoms with E-state index in [2.05, 4.69) is 4.74 Å². The van der Waals surface area contributed by atoms with Crippen LogP contribution in [-0.2, 0) is 41.1 Å². The van der Waals surface area contributed by atoms with Gasteiger partial charge in [0.2, 0.25) is 11.8 Å². The second-order valence-electron chi connectivity index (χ2n) is 13.2. The first-order valence-corrected chi connectivity index (χ1v) is 17.4. The third kappa shape index (κ3) is 6.65. The summed E-state index contributed by atoms with van der Waals surface area (Å²) in [5, 5.41) is 0. The molecule has 3 aromatic carbocycles. The first kappa shape index (κ1) is 39.1. The van der Waals surface area contributed by atoms with Gasteiger partial charge in [0, 0.05) is 49.6 Å². The topological polar surface area (TPSA) is 84.0 Å². The molecule has 2 fully saturated rings. The van der Waals surface area contributed by atoms with Gasteiger partial charge >= 0.3 is 12.4 Å². The zero-order valence-corrected chi connectivity index (χ0v) is 28.6. The van der Waals surface area contributed by atoms with Gasteiger partial charge in [-0.2, -0.15) is 26.3 Å². The molecule has 1 unspecified atom stereocenters. The third-order valence-corrected chi connectivity index (χ3v) is 12.6. The lowest BCUT2D eigenvalue weighted by Crippen LogP contribution is -2.56. The van der Waals surface area contributed by atoms with E-state index in [9.17, 15) is 57.5 Å². The van der Waals surface area contributed by atoms with Crippen molar-refractivity contribution in [2.75, 3.05) is 26.2 Å². The lowest BCUT2D eigenvalue weighted by molar-refractivity contribution is -0.392. The summed E-state index contributed by atoms with van der Waals surface area (Å²) in [6, 6.07) is 8.00. The van der Waals surface area contributed by atoms with Gasteiger partial charge < -0.3 is 14.5 Å². The maximum Gasteiger partial charge on any atom is 0.430 e. The van der Waals surface area contributed by atoms with Crippen LogP contribution in [0.4, 0.5) is 39.5 Å². The van der Waals surface area contributed by atoms with Crippen LogP contribution in [0.2, 0.25) is 0 Å². The van der Waals surface area contributed by atoms with Gasteiger partial charge in [-0.05, 0) is 61.2 Å². The molecule has 2 saturated heterocycles. The number of benzene rings is 3. The molecule has 0 bridgehead atoms. The number of nitrogens with zero attached hydrogens (tertiary/aromatic N) is 2. The predicted octanol–water partition coefficient (Wildman–Crippen LogP) is 7.19. The Morgan fingerprint density at radius 1 is 0.769 bits per heavy atom. The summed E-state index contributed by atoms with van der Waals surface area (Å²) in [7, 11) is -4.64. The van der Waals surface area contributed by atoms with E-state index in [1.807, 2.05) is 0 Å². The lowest BCUT2D eigenvalue weighted by Gasteiger charge is -2.40. The number of halogens is 9. The van der Waals surface area contributed by atoms with Gasteiger partial charge in [-0.15, -0.1) is 0 Å². The first-order chi connectivity index (χ1) is 24.1. The Kier molecular flexibility index (Phi) is 10.3. The molecule has 3 aromatic rings. The minimum atomic E-state index is -6.24. The highest BCUT2D eigenvalue weighted by Gasteiger charge is 2.73. The number of piperidine rings is 1. The molecule has 2 aliphatic heterocycles. The maximum atomic E-state index is 14.6. The smallest absolute Gasteiger partial charge is 0.349 e. The number of carbonyl (C=O) groups excluding carboxylic acids is 2. The number of alkyl halides is 6. The number of hydrogen-bond donors (Lipinski definition) is 0. The Balaban J connectivity index is 1.58. The van der Waals surface area contributed by atoms with Crippen molar-refractivity contribution >= 4 is 21.7 Å². The Bertz CT molecular complexity index is 1890. The number of hydrogen-bond acceptors (Lipinski definition) is 5. The van der Waals surface area contributed by atoms with Crippen LogP contribution < -0.4 is 0 Å². The van der Waals surface area contributed by atoms with Gasteiger partial charge in [0.15, 0.2) is 9.84 Å². The van der Waals surface area contributed by atoms with Crippen molar-refractivity contribution in [3.8, 4) is 0 Å². The van der Waals surface area contributed by atoms with E-state index in [4.69, 9.17) is 0 Å². The number of rotatable bonds is 8. The minimum absolute atomic E-state index is 0.167. The highest BCUT2D eigenvalue weighted by molar-refractivity contribution is 7.92. The van der Waals surface area contributed by atoms with Crippen molar-refractivity contribution in [1.29, 1.82) is 0 Å². The Labute approximate surface area is 293 Å². The number of carbonyl (C=O) groups is 2. The van der Waals surface area contributed by atoms with Gasteiger partial charge in [-0.1, -0.05) is 37.3 Å². The second-order valence-corrected chi connectivity index (χ2v) is 15.5. The second kappa shape index (κ2) is 13.7. The van der Waals surface area contributed by atoms with Crippen molar-refractivity contribution < 1.29 is 62.3 Å². The molecule has 0 N–H and O–H groups in total. The molecular weight excluding hydrogens is 731 g/mol. The van der Waals surface area contributed by atoms with Crippen LogP contribution in [0.3, 0.4) is 0 Å². The quantitative estimate of drug-likeness (QED) is 0.179. The average Bonchev–Trinajstić information content (AvgIpc) is 3.52. The highest BCUT2D eigenvalue weighted by atomic mass is 32.2. The lowest BCUT2D eigenvalue weighted by atomic mass is 9.79. The van der Waals surface area contributed by atoms with Crippen molar-refractivity contribution in [3.63, 3.8) is 0 Å². The fraction of sp³-hybridized carbons (Fsp3) is 0.429. The molecule has 1 atom stereocenters. The molecule has 5 rings (SSSR count). The van der Waals surface area contributed by atoms with E-state index in [-0.39, 0.29) is 50.4 Å². The van der Waals surface area contributed by atoms with E-state index in [0.717, 1.165) is 42.5 Å². The van der Waals surface area contributed by atoms with Crippen LogP contribution >= 0.6 is 0 Å². The van der Waals surface area contributed by atoms with E-state index in [0.29, 0.717) is 24.3 Å². The molecule has 7 nitrogen and oxygen atoms in total. The summed E-state index contributed by atoms with van der Waals surface area (Å²) < 4.78 is 161. The fourth-order valence-electron chi connectivity index (χ4n) is 6.91. The van der Waals surface area contributed by atoms with Crippen LogP contribution in [0.5, 0.6) is 0 Å². The van der Waals surface area contributed by atoms with Crippen LogP contribution in [-0.4, -0.2) is 68.6 Å². The number of sulfone groups is 1. The fourth-order valence-corrected chi connectivity index (χ4v) is 8.99. The molecule has 2 amide bonds. The molecule has 52 heavy (non-hydrogen) atoms. The normalized spacial score (nSPS) is 19.9. The largest absolute Gasteiger partial charge is 0.430 e. The summed E-state index contributed by atoms with van der Waals surface area (Å²) in [5.41, 5.74) is -9.14. The SMILES string of the molecule is CC(=O)N1CCC(C)(C(=O)N2CCC(c3ccc(C(OCc4c(F)cccc4F)(C(F)(F)F)C(F)(F)F)cc3)(S(=O)(=O)c3ccc(F)cc3)C2)CC1. The third-order valence-electron chi connectivity index (χ3n) is 10.1. The predicted molar refractivity (Wildman–Crippen MR) is 167 cm³/mol. The van der Waals surface area contributed by atoms with Gasteiger partial charge in [-0.25, -0.2) is 21.6 Å². The summed E-state index contributed by atoms with van der Waals surface area (Å²) in [6.45, 7) is 1.07. The van der Waals surface area contributed by atoms with Crippen LogP contribution in [0, 0.1) is 22.9 Å². The molecular formula is C35H33F9N2O5S. The molecule has 0 saturated carbocycles. The summed E-state index contributed by atoms with van der Waals surface area (Å²) in [5.74, 6) is -4.31. The minimum Gasteiger partial charge on any atom is -0.349 e. The molecule has 0 aromatic heterocycles. The first-order valence-electron chi connectivity index (χ1n) is 16.0. The average molecular weight is 765 g/mol. The molecule has 0 radical (unpaired) electrons. The highest BCUT2D eigenvalue weighted by Crippen LogP contribution is 2.54. The van der Waals surface area contributed by atoms with E-state index in [1.165, 1.54) is 11.8 Å². The Hall–Kier alpha value is -4.12. The summed E-state index contributed by atoms with van der Waals surface area (Å²) in [4.78, 5) is 28.2. The van der Waals surface area contributed by atoms with Crippen LogP contribution in [0.1, 0.15) is 49.8 Å². The molecule has 282 valence electrons. The molecule has 2 heterocycles. The van der Waals surface area contributed by atoms with Gasteiger partial charge in [-0.3, -0.25) is 9.59 Å². The van der Waals surface area contributed by atoms with Gasteiger partial charge in [0.25, 0.3) is 5.60 Å². The standard InChI is InChI=1S/C35H33F9N2O5S/c1-22(47)45-17-14-31(2,15-18-45)30(48)46-19-16-32(21-46,52(49,50)26-12-10-25(36)11-13-26)23-6-8-24(9-7-23)33(34(39,40)41,35(42,43)44)51-20-27-28(37)4-3-5-29(27)38/h3-13H,14-21H2,1-2H3. The Morgan fingerprint density at radius 3 is 1.79 bits per heavy atom. The summed E-state index contributed by atoms with van der Waals surface area (Å²) >= 11 is 0. The number of ether oxygens (including phenoxy) is 1. The van der Waals surface area contributed by atoms with Gasteiger partial charge in [0.1, 0.15) is 22.2 Å². The van der Waals surface area contributed by atoms with Crippen LogP contribution in [0.25, 0.3) is 0 Å². The van der Waals surface area contributed by atoms with Crippen molar-refractivity contribution in [3.05, 3.63) is 101 Å². The number of likely N-dealkylation sites (tertiary alicyclic amines) is 2. The van der Waals surface area contributed by atoms with Crippen molar-refractivity contribution in [2.45, 2.75) is 67.3 Å². The molecule has 17 heteroatoms. The van der Waals surface area contributed by atoms with E-state index in [1.54, 1.807) is 11.8 Å². The number of amides is 2. The zero-order chi connectivity index (χ0) is 38.5. The molecule has 0 aliphatic carbocycles. The molecule has 2 aliphatic rings. The van der Waals surface area contributed by atoms with Gasteiger partial charge in [0.05, 0.1) is 11.5 Å².